The quantitative estimate of drug-likeness (QED) is 0.494. The molecule has 27 heavy (non-hydrogen) atoms. The van der Waals surface area contributed by atoms with Gasteiger partial charge in [-0.3, -0.25) is 14.7 Å². The number of fused-ring (bicyclic) bond motifs is 1. The van der Waals surface area contributed by atoms with Crippen molar-refractivity contribution in [3.63, 3.8) is 0 Å². The van der Waals surface area contributed by atoms with Crippen molar-refractivity contribution in [2.24, 2.45) is 0 Å². The van der Waals surface area contributed by atoms with Gasteiger partial charge in [-0.15, -0.1) is 0 Å². The molecule has 0 aliphatic heterocycles. The highest BCUT2D eigenvalue weighted by atomic mass is 35.5. The first-order valence-corrected chi connectivity index (χ1v) is 9.42. The van der Waals surface area contributed by atoms with Gasteiger partial charge in [-0.2, -0.15) is 0 Å². The number of amides is 1. The van der Waals surface area contributed by atoms with E-state index in [0.717, 1.165) is 21.3 Å². The number of benzene rings is 1. The summed E-state index contributed by atoms with van der Waals surface area (Å²) in [5.74, 6) is 0.284. The molecule has 3 heterocycles. The third-order valence-corrected chi connectivity index (χ3v) is 5.61. The molecule has 6 nitrogen and oxygen atoms in total. The van der Waals surface area contributed by atoms with Crippen molar-refractivity contribution in [2.45, 2.75) is 20.4 Å². The van der Waals surface area contributed by atoms with Crippen LogP contribution in [0.15, 0.2) is 47.2 Å². The van der Waals surface area contributed by atoms with Gasteiger partial charge in [-0.05, 0) is 37.1 Å². The fourth-order valence-electron chi connectivity index (χ4n) is 2.71. The Morgan fingerprint density at radius 1 is 1.30 bits per heavy atom. The number of carbonyl (C=O) groups excluding carboxylic acids is 1. The summed E-state index contributed by atoms with van der Waals surface area (Å²) in [6.45, 7) is 4.03. The molecule has 0 atom stereocenters. The average Bonchev–Trinajstić information content (AvgIpc) is 3.30. The van der Waals surface area contributed by atoms with Gasteiger partial charge in [-0.25, -0.2) is 4.98 Å². The van der Waals surface area contributed by atoms with E-state index in [2.05, 4.69) is 15.1 Å². The number of pyridine rings is 1. The van der Waals surface area contributed by atoms with Gasteiger partial charge in [0.25, 0.3) is 5.91 Å². The summed E-state index contributed by atoms with van der Waals surface area (Å²) >= 11 is 7.72. The summed E-state index contributed by atoms with van der Waals surface area (Å²) in [4.78, 5) is 23.5. The molecule has 136 valence electrons. The maximum atomic E-state index is 13.1. The Kier molecular flexibility index (Phi) is 4.63. The first kappa shape index (κ1) is 17.6. The van der Waals surface area contributed by atoms with Crippen molar-refractivity contribution < 1.29 is 9.32 Å². The van der Waals surface area contributed by atoms with Crippen LogP contribution in [0.2, 0.25) is 5.02 Å². The van der Waals surface area contributed by atoms with Gasteiger partial charge in [-0.1, -0.05) is 40.2 Å². The standard InChI is InChI=1S/C19H15ClN4O2S/c1-11-5-6-14(20)17-16(11)22-19(27-17)24(10-13-4-3-7-21-9-13)18(25)15-8-12(2)26-23-15/h3-9H,10H2,1-2H3. The largest absolute Gasteiger partial charge is 0.361 e. The molecule has 0 N–H and O–H groups in total. The van der Waals surface area contributed by atoms with Crippen LogP contribution in [0.3, 0.4) is 0 Å². The van der Waals surface area contributed by atoms with E-state index in [4.69, 9.17) is 16.1 Å². The van der Waals surface area contributed by atoms with Gasteiger partial charge >= 0.3 is 0 Å². The zero-order valence-corrected chi connectivity index (χ0v) is 16.2. The monoisotopic (exact) mass is 398 g/mol. The first-order valence-electron chi connectivity index (χ1n) is 8.22. The highest BCUT2D eigenvalue weighted by molar-refractivity contribution is 7.23. The van der Waals surface area contributed by atoms with Crippen LogP contribution in [0.1, 0.15) is 27.4 Å². The average molecular weight is 399 g/mol. The second-order valence-electron chi connectivity index (χ2n) is 6.11. The topological polar surface area (TPSA) is 72.1 Å². The number of rotatable bonds is 4. The molecule has 0 bridgehead atoms. The predicted octanol–water partition coefficient (Wildman–Crippen LogP) is 4.80. The molecular formula is C19H15ClN4O2S. The maximum Gasteiger partial charge on any atom is 0.282 e. The van der Waals surface area contributed by atoms with Crippen LogP contribution in [0.4, 0.5) is 5.13 Å². The Morgan fingerprint density at radius 3 is 2.81 bits per heavy atom. The third-order valence-electron chi connectivity index (χ3n) is 4.07. The Hall–Kier alpha value is -2.77. The van der Waals surface area contributed by atoms with Gasteiger partial charge in [0, 0.05) is 18.5 Å². The number of aromatic nitrogens is 3. The SMILES string of the molecule is Cc1cc(C(=O)N(Cc2cccnc2)c2nc3c(C)ccc(Cl)c3s2)no1. The Bertz CT molecular complexity index is 1080. The van der Waals surface area contributed by atoms with Crippen molar-refractivity contribution in [3.05, 3.63) is 70.3 Å². The summed E-state index contributed by atoms with van der Waals surface area (Å²) in [5, 5.41) is 5.03. The minimum atomic E-state index is -0.288. The molecule has 4 rings (SSSR count). The van der Waals surface area contributed by atoms with E-state index in [1.54, 1.807) is 30.3 Å². The van der Waals surface area contributed by atoms with Gasteiger partial charge in [0.2, 0.25) is 0 Å². The molecule has 0 spiro atoms. The summed E-state index contributed by atoms with van der Waals surface area (Å²) in [7, 11) is 0. The van der Waals surface area contributed by atoms with E-state index in [1.165, 1.54) is 11.3 Å². The summed E-state index contributed by atoms with van der Waals surface area (Å²) in [6, 6.07) is 9.12. The predicted molar refractivity (Wildman–Crippen MR) is 105 cm³/mol. The van der Waals surface area contributed by atoms with Crippen LogP contribution in [-0.4, -0.2) is 21.0 Å². The molecule has 0 radical (unpaired) electrons. The molecule has 0 fully saturated rings. The van der Waals surface area contributed by atoms with E-state index in [9.17, 15) is 4.79 Å². The second-order valence-corrected chi connectivity index (χ2v) is 7.50. The van der Waals surface area contributed by atoms with Crippen molar-refractivity contribution in [2.75, 3.05) is 4.90 Å². The van der Waals surface area contributed by atoms with Crippen LogP contribution >= 0.6 is 22.9 Å². The Morgan fingerprint density at radius 2 is 2.15 bits per heavy atom. The third kappa shape index (κ3) is 3.43. The zero-order valence-electron chi connectivity index (χ0n) is 14.6. The molecule has 1 aromatic carbocycles. The van der Waals surface area contributed by atoms with Crippen LogP contribution in [0, 0.1) is 13.8 Å². The van der Waals surface area contributed by atoms with Crippen molar-refractivity contribution in [1.82, 2.24) is 15.1 Å². The zero-order chi connectivity index (χ0) is 19.0. The smallest absolute Gasteiger partial charge is 0.282 e. The fourth-order valence-corrected chi connectivity index (χ4v) is 4.03. The van der Waals surface area contributed by atoms with Crippen molar-refractivity contribution >= 4 is 44.2 Å². The van der Waals surface area contributed by atoms with Crippen LogP contribution in [0.25, 0.3) is 10.2 Å². The number of carbonyl (C=O) groups is 1. The Balaban J connectivity index is 1.81. The molecule has 0 unspecified atom stereocenters. The molecule has 8 heteroatoms. The Labute approximate surface area is 164 Å². The second kappa shape index (κ2) is 7.09. The van der Waals surface area contributed by atoms with Crippen LogP contribution in [-0.2, 0) is 6.54 Å². The van der Waals surface area contributed by atoms with E-state index in [0.29, 0.717) is 22.5 Å². The lowest BCUT2D eigenvalue weighted by molar-refractivity contribution is 0.0976. The van der Waals surface area contributed by atoms with E-state index >= 15 is 0 Å². The van der Waals surface area contributed by atoms with E-state index in [-0.39, 0.29) is 11.6 Å². The number of halogens is 1. The summed E-state index contributed by atoms with van der Waals surface area (Å²) in [6.07, 6.45) is 3.41. The van der Waals surface area contributed by atoms with Crippen LogP contribution in [0.5, 0.6) is 0 Å². The number of hydrogen-bond donors (Lipinski definition) is 0. The number of nitrogens with zero attached hydrogens (tertiary/aromatic N) is 4. The van der Waals surface area contributed by atoms with Crippen LogP contribution < -0.4 is 4.90 Å². The first-order chi connectivity index (χ1) is 13.0. The summed E-state index contributed by atoms with van der Waals surface area (Å²) < 4.78 is 5.92. The molecule has 3 aromatic heterocycles. The van der Waals surface area contributed by atoms with E-state index in [1.807, 2.05) is 31.2 Å². The fraction of sp³-hybridized carbons (Fsp3) is 0.158. The lowest BCUT2D eigenvalue weighted by Gasteiger charge is -2.18. The van der Waals surface area contributed by atoms with Crippen molar-refractivity contribution in [1.29, 1.82) is 0 Å². The van der Waals surface area contributed by atoms with Gasteiger partial charge in [0.05, 0.1) is 21.8 Å². The lowest BCUT2D eigenvalue weighted by Crippen LogP contribution is -2.30. The highest BCUT2D eigenvalue weighted by Gasteiger charge is 2.25. The lowest BCUT2D eigenvalue weighted by atomic mass is 10.2. The van der Waals surface area contributed by atoms with Gasteiger partial charge in [0.15, 0.2) is 10.8 Å². The molecule has 1 amide bonds. The maximum absolute atomic E-state index is 13.1. The molecule has 0 saturated heterocycles. The van der Waals surface area contributed by atoms with Gasteiger partial charge < -0.3 is 4.52 Å². The summed E-state index contributed by atoms with van der Waals surface area (Å²) in [5.41, 5.74) is 2.91. The number of thiazole rings is 1. The highest BCUT2D eigenvalue weighted by Crippen LogP contribution is 2.36. The molecule has 4 aromatic rings. The van der Waals surface area contributed by atoms with E-state index < -0.39 is 0 Å². The minimum absolute atomic E-state index is 0.235. The number of anilines is 1. The number of hydrogen-bond acceptors (Lipinski definition) is 6. The number of aryl methyl sites for hydroxylation is 2. The minimum Gasteiger partial charge on any atom is -0.361 e. The molecule has 0 aliphatic carbocycles. The van der Waals surface area contributed by atoms with Gasteiger partial charge in [0.1, 0.15) is 5.76 Å². The molecule has 0 aliphatic rings. The molecule has 0 saturated carbocycles. The normalized spacial score (nSPS) is 11.1. The van der Waals surface area contributed by atoms with Crippen molar-refractivity contribution in [3.8, 4) is 0 Å². The molecular weight excluding hydrogens is 384 g/mol.